The largest absolute Gasteiger partial charge is 0.497 e. The van der Waals surface area contributed by atoms with E-state index < -0.39 is 18.0 Å². The van der Waals surface area contributed by atoms with E-state index in [1.807, 2.05) is 29.2 Å². The third kappa shape index (κ3) is 4.45. The van der Waals surface area contributed by atoms with Gasteiger partial charge in [0.2, 0.25) is 0 Å². The van der Waals surface area contributed by atoms with Crippen LogP contribution in [0.5, 0.6) is 11.5 Å². The van der Waals surface area contributed by atoms with Crippen LogP contribution in [0.1, 0.15) is 11.6 Å². The molecule has 1 atom stereocenters. The number of piperazine rings is 1. The van der Waals surface area contributed by atoms with Gasteiger partial charge in [-0.2, -0.15) is 0 Å². The molecule has 3 aromatic rings. The van der Waals surface area contributed by atoms with Crippen molar-refractivity contribution in [2.45, 2.75) is 12.6 Å². The number of hydrogen-bond donors (Lipinski definition) is 2. The van der Waals surface area contributed by atoms with Gasteiger partial charge in [0, 0.05) is 48.8 Å². The summed E-state index contributed by atoms with van der Waals surface area (Å²) in [6.45, 7) is 2.09. The van der Waals surface area contributed by atoms with Gasteiger partial charge >= 0.3 is 11.9 Å². The second kappa shape index (κ2) is 9.41. The molecule has 0 amide bonds. The van der Waals surface area contributed by atoms with E-state index in [4.69, 9.17) is 9.47 Å². The highest BCUT2D eigenvalue weighted by Gasteiger charge is 2.33. The van der Waals surface area contributed by atoms with Gasteiger partial charge in [-0.15, -0.1) is 0 Å². The SMILES string of the molecule is COc1ccc2c(c1)c(C(C(=O)O)N1CCN(c3ccccc3OC)CC1)cn2CC(=O)O. The van der Waals surface area contributed by atoms with Gasteiger partial charge in [0.15, 0.2) is 0 Å². The number of methoxy groups -OCH3 is 2. The van der Waals surface area contributed by atoms with E-state index in [0.29, 0.717) is 48.4 Å². The molecule has 0 aliphatic carbocycles. The average molecular weight is 453 g/mol. The molecule has 4 rings (SSSR count). The first-order chi connectivity index (χ1) is 15.9. The summed E-state index contributed by atoms with van der Waals surface area (Å²) in [6.07, 6.45) is 1.64. The number of carboxylic acids is 2. The van der Waals surface area contributed by atoms with Crippen LogP contribution in [0, 0.1) is 0 Å². The van der Waals surface area contributed by atoms with Crippen LogP contribution in [-0.4, -0.2) is 72.0 Å². The van der Waals surface area contributed by atoms with Gasteiger partial charge in [-0.1, -0.05) is 12.1 Å². The van der Waals surface area contributed by atoms with Crippen LogP contribution < -0.4 is 14.4 Å². The van der Waals surface area contributed by atoms with Gasteiger partial charge in [-0.3, -0.25) is 14.5 Å². The number of ether oxygens (including phenoxy) is 2. The molecule has 9 heteroatoms. The van der Waals surface area contributed by atoms with Crippen LogP contribution in [-0.2, 0) is 16.1 Å². The smallest absolute Gasteiger partial charge is 0.325 e. The molecule has 174 valence electrons. The molecule has 1 aliphatic heterocycles. The van der Waals surface area contributed by atoms with Crippen LogP contribution in [0.4, 0.5) is 5.69 Å². The Labute approximate surface area is 191 Å². The Kier molecular flexibility index (Phi) is 6.41. The fourth-order valence-electron chi connectivity index (χ4n) is 4.52. The molecule has 1 aliphatic rings. The van der Waals surface area contributed by atoms with Crippen molar-refractivity contribution in [1.29, 1.82) is 0 Å². The Bertz CT molecular complexity index is 1170. The predicted octanol–water partition coefficient (Wildman–Crippen LogP) is 2.69. The number of carboxylic acid groups (broad SMARTS) is 2. The molecule has 0 saturated carbocycles. The molecule has 9 nitrogen and oxygen atoms in total. The molecule has 33 heavy (non-hydrogen) atoms. The van der Waals surface area contributed by atoms with Crippen molar-refractivity contribution in [3.05, 3.63) is 54.2 Å². The van der Waals surface area contributed by atoms with Crippen molar-refractivity contribution < 1.29 is 29.3 Å². The monoisotopic (exact) mass is 453 g/mol. The minimum absolute atomic E-state index is 0.253. The number of nitrogens with zero attached hydrogens (tertiary/aromatic N) is 3. The third-order valence-electron chi connectivity index (χ3n) is 6.06. The molecule has 2 heterocycles. The first-order valence-corrected chi connectivity index (χ1v) is 10.7. The van der Waals surface area contributed by atoms with Gasteiger partial charge in [-0.25, -0.2) is 0 Å². The fraction of sp³-hybridized carbons (Fsp3) is 0.333. The van der Waals surface area contributed by atoms with Crippen LogP contribution in [0.2, 0.25) is 0 Å². The number of hydrogen-bond acceptors (Lipinski definition) is 6. The van der Waals surface area contributed by atoms with E-state index in [1.165, 1.54) is 0 Å². The zero-order chi connectivity index (χ0) is 23.5. The molecular formula is C24H27N3O6. The van der Waals surface area contributed by atoms with E-state index in [9.17, 15) is 19.8 Å². The fourth-order valence-corrected chi connectivity index (χ4v) is 4.52. The van der Waals surface area contributed by atoms with Gasteiger partial charge < -0.3 is 29.2 Å². The summed E-state index contributed by atoms with van der Waals surface area (Å²) in [4.78, 5) is 27.9. The Morgan fingerprint density at radius 2 is 1.73 bits per heavy atom. The van der Waals surface area contributed by atoms with Crippen molar-refractivity contribution in [2.24, 2.45) is 0 Å². The topological polar surface area (TPSA) is 104 Å². The highest BCUT2D eigenvalue weighted by atomic mass is 16.5. The average Bonchev–Trinajstić information content (AvgIpc) is 3.15. The zero-order valence-corrected chi connectivity index (χ0v) is 18.6. The zero-order valence-electron chi connectivity index (χ0n) is 18.6. The van der Waals surface area contributed by atoms with E-state index in [1.54, 1.807) is 43.2 Å². The quantitative estimate of drug-likeness (QED) is 0.537. The number of benzene rings is 2. The summed E-state index contributed by atoms with van der Waals surface area (Å²) < 4.78 is 12.4. The normalized spacial score (nSPS) is 15.4. The minimum atomic E-state index is -0.994. The predicted molar refractivity (Wildman–Crippen MR) is 123 cm³/mol. The molecule has 1 unspecified atom stereocenters. The maximum Gasteiger partial charge on any atom is 0.325 e. The molecular weight excluding hydrogens is 426 g/mol. The van der Waals surface area contributed by atoms with Crippen LogP contribution >= 0.6 is 0 Å². The van der Waals surface area contributed by atoms with Crippen molar-refractivity contribution in [2.75, 3.05) is 45.3 Å². The van der Waals surface area contributed by atoms with E-state index in [2.05, 4.69) is 4.90 Å². The second-order valence-corrected chi connectivity index (χ2v) is 7.92. The van der Waals surface area contributed by atoms with E-state index in [0.717, 1.165) is 11.4 Å². The lowest BCUT2D eigenvalue weighted by atomic mass is 10.0. The molecule has 0 spiro atoms. The summed E-state index contributed by atoms with van der Waals surface area (Å²) in [5, 5.41) is 20.2. The Balaban J connectivity index is 1.66. The lowest BCUT2D eigenvalue weighted by molar-refractivity contribution is -0.143. The maximum atomic E-state index is 12.4. The Morgan fingerprint density at radius 1 is 1.00 bits per heavy atom. The number of rotatable bonds is 8. The van der Waals surface area contributed by atoms with E-state index in [-0.39, 0.29) is 6.54 Å². The minimum Gasteiger partial charge on any atom is -0.497 e. The molecule has 1 saturated heterocycles. The second-order valence-electron chi connectivity index (χ2n) is 7.92. The molecule has 2 aromatic carbocycles. The third-order valence-corrected chi connectivity index (χ3v) is 6.06. The number of anilines is 1. The number of para-hydroxylation sites is 2. The number of fused-ring (bicyclic) bond motifs is 1. The summed E-state index contributed by atoms with van der Waals surface area (Å²) in [7, 11) is 3.18. The van der Waals surface area contributed by atoms with Crippen molar-refractivity contribution in [3.63, 3.8) is 0 Å². The summed E-state index contributed by atoms with van der Waals surface area (Å²) in [6, 6.07) is 12.1. The number of carbonyl (C=O) groups is 2. The van der Waals surface area contributed by atoms with Crippen molar-refractivity contribution in [1.82, 2.24) is 9.47 Å². The highest BCUT2D eigenvalue weighted by Crippen LogP contribution is 2.35. The maximum absolute atomic E-state index is 12.4. The number of aliphatic carboxylic acids is 2. The molecule has 1 fully saturated rings. The number of aromatic nitrogens is 1. The van der Waals surface area contributed by atoms with Crippen LogP contribution in [0.3, 0.4) is 0 Å². The Hall–Kier alpha value is -3.72. The lowest BCUT2D eigenvalue weighted by Gasteiger charge is -2.39. The molecule has 0 bridgehead atoms. The van der Waals surface area contributed by atoms with Crippen molar-refractivity contribution >= 4 is 28.5 Å². The lowest BCUT2D eigenvalue weighted by Crippen LogP contribution is -2.49. The van der Waals surface area contributed by atoms with Gasteiger partial charge in [0.05, 0.1) is 19.9 Å². The molecule has 1 aromatic heterocycles. The van der Waals surface area contributed by atoms with Gasteiger partial charge in [0.25, 0.3) is 0 Å². The van der Waals surface area contributed by atoms with Gasteiger partial charge in [-0.05, 0) is 30.3 Å². The van der Waals surface area contributed by atoms with Gasteiger partial charge in [0.1, 0.15) is 24.1 Å². The van der Waals surface area contributed by atoms with Crippen molar-refractivity contribution in [3.8, 4) is 11.5 Å². The van der Waals surface area contributed by atoms with E-state index >= 15 is 0 Å². The first-order valence-electron chi connectivity index (χ1n) is 10.7. The Morgan fingerprint density at radius 3 is 2.36 bits per heavy atom. The molecule has 2 N–H and O–H groups in total. The standard InChI is InChI=1S/C24H27N3O6/c1-32-16-7-8-19-17(13-16)18(14-27(19)15-22(28)29)23(24(30)31)26-11-9-25(10-12-26)20-5-3-4-6-21(20)33-2/h3-8,13-14,23H,9-12,15H2,1-2H3,(H,28,29)(H,30,31). The van der Waals surface area contributed by atoms with Crippen LogP contribution in [0.15, 0.2) is 48.7 Å². The van der Waals surface area contributed by atoms with Crippen LogP contribution in [0.25, 0.3) is 10.9 Å². The summed E-state index contributed by atoms with van der Waals surface area (Å²) in [5.74, 6) is -0.601. The summed E-state index contributed by atoms with van der Waals surface area (Å²) in [5.41, 5.74) is 2.20. The first kappa shape index (κ1) is 22.5. The highest BCUT2D eigenvalue weighted by molar-refractivity contribution is 5.91. The molecule has 0 radical (unpaired) electrons. The summed E-state index contributed by atoms with van der Waals surface area (Å²) >= 11 is 0.